The van der Waals surface area contributed by atoms with Gasteiger partial charge in [-0.25, -0.2) is 13.8 Å². The molecule has 3 rings (SSSR count). The molecule has 0 radical (unpaired) electrons. The highest BCUT2D eigenvalue weighted by Crippen LogP contribution is 2.28. The summed E-state index contributed by atoms with van der Waals surface area (Å²) >= 11 is 0. The Bertz CT molecular complexity index is 1140. The number of ether oxygens (including phenoxy) is 1. The minimum Gasteiger partial charge on any atom is -0.457 e. The first-order valence-electron chi connectivity index (χ1n) is 9.86. The highest BCUT2D eigenvalue weighted by atomic mass is 19.1. The van der Waals surface area contributed by atoms with E-state index in [9.17, 15) is 13.6 Å². The Morgan fingerprint density at radius 2 is 1.94 bits per heavy atom. The van der Waals surface area contributed by atoms with E-state index in [0.29, 0.717) is 34.0 Å². The molecule has 0 spiro atoms. The monoisotopic (exact) mass is 435 g/mol. The predicted octanol–water partition coefficient (Wildman–Crippen LogP) is 5.53. The van der Waals surface area contributed by atoms with Crippen molar-refractivity contribution in [3.05, 3.63) is 108 Å². The molecule has 1 aromatic heterocycles. The molecular weight excluding hydrogens is 412 g/mol. The van der Waals surface area contributed by atoms with Crippen molar-refractivity contribution in [1.29, 1.82) is 0 Å². The van der Waals surface area contributed by atoms with E-state index in [-0.39, 0.29) is 12.5 Å². The highest BCUT2D eigenvalue weighted by Gasteiger charge is 2.14. The van der Waals surface area contributed by atoms with Crippen LogP contribution < -0.4 is 15.0 Å². The van der Waals surface area contributed by atoms with Gasteiger partial charge in [-0.1, -0.05) is 18.7 Å². The third kappa shape index (κ3) is 5.78. The van der Waals surface area contributed by atoms with Gasteiger partial charge in [-0.3, -0.25) is 4.79 Å². The molecule has 0 atom stereocenters. The number of carbonyl (C=O) groups is 1. The smallest absolute Gasteiger partial charge is 0.251 e. The lowest BCUT2D eigenvalue weighted by Gasteiger charge is -2.15. The topological polar surface area (TPSA) is 54.5 Å². The molecule has 3 aromatic rings. The van der Waals surface area contributed by atoms with E-state index in [4.69, 9.17) is 4.74 Å². The lowest BCUT2D eigenvalue weighted by Crippen LogP contribution is -2.23. The van der Waals surface area contributed by atoms with Gasteiger partial charge in [0.2, 0.25) is 0 Å². The molecule has 5 nitrogen and oxygen atoms in total. The van der Waals surface area contributed by atoms with Gasteiger partial charge in [0, 0.05) is 49.2 Å². The molecule has 0 aliphatic rings. The summed E-state index contributed by atoms with van der Waals surface area (Å²) in [6, 6.07) is 11.8. The molecule has 1 heterocycles. The molecule has 2 aromatic carbocycles. The fraction of sp³-hybridized carbons (Fsp3) is 0.120. The molecular formula is C25H23F2N3O2. The van der Waals surface area contributed by atoms with E-state index >= 15 is 0 Å². The molecule has 1 N–H and O–H groups in total. The maximum atomic E-state index is 13.4. The van der Waals surface area contributed by atoms with Crippen molar-refractivity contribution in [3.63, 3.8) is 0 Å². The van der Waals surface area contributed by atoms with E-state index in [1.165, 1.54) is 12.1 Å². The number of pyridine rings is 1. The first-order valence-corrected chi connectivity index (χ1v) is 9.86. The average Bonchev–Trinajstić information content (AvgIpc) is 2.77. The number of anilines is 1. The van der Waals surface area contributed by atoms with Crippen molar-refractivity contribution < 1.29 is 18.3 Å². The Kier molecular flexibility index (Phi) is 7.33. The molecule has 1 amide bonds. The molecule has 0 aliphatic heterocycles. The second-order valence-corrected chi connectivity index (χ2v) is 7.03. The van der Waals surface area contributed by atoms with Crippen LogP contribution in [0.25, 0.3) is 0 Å². The number of carbonyl (C=O) groups excluding carboxylic acids is 1. The van der Waals surface area contributed by atoms with Crippen LogP contribution in [0.2, 0.25) is 0 Å². The quantitative estimate of drug-likeness (QED) is 0.473. The molecule has 0 fully saturated rings. The first kappa shape index (κ1) is 22.7. The van der Waals surface area contributed by atoms with Crippen LogP contribution in [0.4, 0.5) is 14.6 Å². The second kappa shape index (κ2) is 10.3. The van der Waals surface area contributed by atoms with Crippen molar-refractivity contribution in [2.75, 3.05) is 11.9 Å². The number of allylic oxidation sites excluding steroid dienone is 2. The van der Waals surface area contributed by atoms with E-state index in [1.54, 1.807) is 55.6 Å². The third-order valence-corrected chi connectivity index (χ3v) is 4.66. The Hall–Kier alpha value is -4.00. The molecule has 32 heavy (non-hydrogen) atoms. The summed E-state index contributed by atoms with van der Waals surface area (Å²) in [6.45, 7) is 5.41. The summed E-state index contributed by atoms with van der Waals surface area (Å²) in [5.74, 6) is -0.0104. The Morgan fingerprint density at radius 1 is 1.19 bits per heavy atom. The second-order valence-electron chi connectivity index (χ2n) is 7.03. The Balaban J connectivity index is 1.74. The fourth-order valence-electron chi connectivity index (χ4n) is 3.01. The Morgan fingerprint density at radius 3 is 2.66 bits per heavy atom. The maximum absolute atomic E-state index is 13.4. The zero-order chi connectivity index (χ0) is 23.1. The van der Waals surface area contributed by atoms with Crippen molar-refractivity contribution in [1.82, 2.24) is 10.3 Å². The zero-order valence-corrected chi connectivity index (χ0v) is 17.8. The SMILES string of the molecule is C=C/C=C\N(C)c1cc(Oc2cccc(C(=O)NCc3cc(F)cc(F)c3)c2C)ccn1. The molecule has 0 bridgehead atoms. The normalized spacial score (nSPS) is 10.8. The van der Waals surface area contributed by atoms with Gasteiger partial charge >= 0.3 is 0 Å². The van der Waals surface area contributed by atoms with Crippen LogP contribution in [0.3, 0.4) is 0 Å². The van der Waals surface area contributed by atoms with Crippen molar-refractivity contribution >= 4 is 11.7 Å². The van der Waals surface area contributed by atoms with Crippen LogP contribution >= 0.6 is 0 Å². The minimum absolute atomic E-state index is 0.00366. The number of hydrogen-bond acceptors (Lipinski definition) is 4. The average molecular weight is 435 g/mol. The number of benzene rings is 2. The molecule has 0 aliphatic carbocycles. The van der Waals surface area contributed by atoms with Crippen LogP contribution in [-0.4, -0.2) is 17.9 Å². The Labute approximate surface area is 185 Å². The molecule has 164 valence electrons. The van der Waals surface area contributed by atoms with Crippen LogP contribution in [0, 0.1) is 18.6 Å². The summed E-state index contributed by atoms with van der Waals surface area (Å²) in [5.41, 5.74) is 1.37. The zero-order valence-electron chi connectivity index (χ0n) is 17.8. The molecule has 0 saturated heterocycles. The van der Waals surface area contributed by atoms with Crippen LogP contribution in [-0.2, 0) is 6.54 Å². The van der Waals surface area contributed by atoms with Crippen LogP contribution in [0.5, 0.6) is 11.5 Å². The summed E-state index contributed by atoms with van der Waals surface area (Å²) < 4.78 is 32.7. The first-order chi connectivity index (χ1) is 15.4. The van der Waals surface area contributed by atoms with Gasteiger partial charge in [-0.05, 0) is 48.9 Å². The summed E-state index contributed by atoms with van der Waals surface area (Å²) in [7, 11) is 1.85. The van der Waals surface area contributed by atoms with Gasteiger partial charge in [0.1, 0.15) is 29.0 Å². The van der Waals surface area contributed by atoms with E-state index < -0.39 is 11.6 Å². The largest absolute Gasteiger partial charge is 0.457 e. The molecule has 0 unspecified atom stereocenters. The van der Waals surface area contributed by atoms with Crippen LogP contribution in [0.15, 0.2) is 79.7 Å². The minimum atomic E-state index is -0.692. The van der Waals surface area contributed by atoms with E-state index in [0.717, 1.165) is 6.07 Å². The molecule has 0 saturated carbocycles. The summed E-state index contributed by atoms with van der Waals surface area (Å²) in [4.78, 5) is 18.8. The van der Waals surface area contributed by atoms with Gasteiger partial charge in [0.05, 0.1) is 0 Å². The number of nitrogens with zero attached hydrogens (tertiary/aromatic N) is 2. The number of nitrogens with one attached hydrogen (secondary N) is 1. The number of hydrogen-bond donors (Lipinski definition) is 1. The van der Waals surface area contributed by atoms with Gasteiger partial charge in [-0.15, -0.1) is 0 Å². The summed E-state index contributed by atoms with van der Waals surface area (Å²) in [5, 5.41) is 2.69. The number of amides is 1. The predicted molar refractivity (Wildman–Crippen MR) is 121 cm³/mol. The van der Waals surface area contributed by atoms with Gasteiger partial charge < -0.3 is 15.0 Å². The maximum Gasteiger partial charge on any atom is 0.251 e. The highest BCUT2D eigenvalue weighted by molar-refractivity contribution is 5.96. The van der Waals surface area contributed by atoms with E-state index in [2.05, 4.69) is 16.9 Å². The van der Waals surface area contributed by atoms with Crippen molar-refractivity contribution in [2.24, 2.45) is 0 Å². The fourth-order valence-corrected chi connectivity index (χ4v) is 3.01. The standard InChI is InChI=1S/C25H23F2N3O2/c1-4-5-11-30(3)24-15-21(9-10-28-24)32-23-8-6-7-22(17(23)2)25(31)29-16-18-12-19(26)14-20(27)13-18/h4-15H,1,16H2,2-3H3,(H,29,31)/b11-5-. The van der Waals surface area contributed by atoms with Crippen LogP contribution in [0.1, 0.15) is 21.5 Å². The van der Waals surface area contributed by atoms with E-state index in [1.807, 2.05) is 18.1 Å². The third-order valence-electron chi connectivity index (χ3n) is 4.66. The number of aromatic nitrogens is 1. The van der Waals surface area contributed by atoms with Crippen molar-refractivity contribution in [3.8, 4) is 11.5 Å². The lowest BCUT2D eigenvalue weighted by molar-refractivity contribution is 0.0950. The van der Waals surface area contributed by atoms with Gasteiger partial charge in [0.15, 0.2) is 0 Å². The van der Waals surface area contributed by atoms with Crippen molar-refractivity contribution in [2.45, 2.75) is 13.5 Å². The molecule has 7 heteroatoms. The lowest BCUT2D eigenvalue weighted by atomic mass is 10.1. The number of rotatable bonds is 8. The number of halogens is 2. The summed E-state index contributed by atoms with van der Waals surface area (Å²) in [6.07, 6.45) is 6.91. The van der Waals surface area contributed by atoms with Gasteiger partial charge in [0.25, 0.3) is 5.91 Å². The van der Waals surface area contributed by atoms with Gasteiger partial charge in [-0.2, -0.15) is 0 Å².